The Labute approximate surface area is 131 Å². The Morgan fingerprint density at radius 3 is 2.26 bits per heavy atom. The molecule has 0 bridgehead atoms. The second-order valence-corrected chi connectivity index (χ2v) is 6.65. The van der Waals surface area contributed by atoms with E-state index in [2.05, 4.69) is 0 Å². The van der Waals surface area contributed by atoms with Crippen molar-refractivity contribution in [1.29, 1.82) is 0 Å². The lowest BCUT2D eigenvalue weighted by Crippen LogP contribution is -2.46. The van der Waals surface area contributed by atoms with Gasteiger partial charge in [-0.3, -0.25) is 4.79 Å². The van der Waals surface area contributed by atoms with E-state index >= 15 is 0 Å². The molecule has 1 aromatic rings. The zero-order valence-corrected chi connectivity index (χ0v) is 12.7. The fourth-order valence-corrected chi connectivity index (χ4v) is 2.81. The van der Waals surface area contributed by atoms with E-state index in [-0.39, 0.29) is 6.61 Å². The number of nitrogens with one attached hydrogen (secondary N) is 1. The summed E-state index contributed by atoms with van der Waals surface area (Å²) in [6.07, 6.45) is -1.12. The maximum atomic E-state index is 11.5. The minimum Gasteiger partial charge on any atom is -0.480 e. The molecular formula is C13H15NO8S. The van der Waals surface area contributed by atoms with Crippen LogP contribution in [0.15, 0.2) is 30.3 Å². The second kappa shape index (κ2) is 8.13. The van der Waals surface area contributed by atoms with Gasteiger partial charge in [-0.2, -0.15) is 0 Å². The number of carbonyl (C=O) groups is 3. The van der Waals surface area contributed by atoms with Crippen molar-refractivity contribution in [2.24, 2.45) is 0 Å². The number of hydrogen-bond acceptors (Lipinski definition) is 6. The van der Waals surface area contributed by atoms with Crippen LogP contribution in [0, 0.1) is 0 Å². The Hall–Kier alpha value is -2.62. The van der Waals surface area contributed by atoms with E-state index in [0.29, 0.717) is 5.56 Å². The first-order valence-corrected chi connectivity index (χ1v) is 8.14. The van der Waals surface area contributed by atoms with Crippen molar-refractivity contribution in [3.63, 3.8) is 0 Å². The van der Waals surface area contributed by atoms with Crippen molar-refractivity contribution in [2.75, 3.05) is 11.5 Å². The largest absolute Gasteiger partial charge is 0.480 e. The molecule has 23 heavy (non-hydrogen) atoms. The Morgan fingerprint density at radius 2 is 1.74 bits per heavy atom. The summed E-state index contributed by atoms with van der Waals surface area (Å²) in [6.45, 7) is -0.124. The maximum Gasteiger partial charge on any atom is 0.408 e. The molecule has 0 spiro atoms. The van der Waals surface area contributed by atoms with Gasteiger partial charge in [-0.15, -0.1) is 0 Å². The van der Waals surface area contributed by atoms with Crippen molar-refractivity contribution in [3.8, 4) is 0 Å². The van der Waals surface area contributed by atoms with Crippen LogP contribution in [0.25, 0.3) is 0 Å². The number of aliphatic carboxylic acids is 2. The third-order valence-corrected chi connectivity index (χ3v) is 4.09. The molecule has 9 nitrogen and oxygen atoms in total. The van der Waals surface area contributed by atoms with E-state index in [0.717, 1.165) is 0 Å². The predicted octanol–water partition coefficient (Wildman–Crippen LogP) is -0.135. The zero-order valence-electron chi connectivity index (χ0n) is 11.8. The average molecular weight is 345 g/mol. The fraction of sp³-hybridized carbons (Fsp3) is 0.308. The van der Waals surface area contributed by atoms with Crippen LogP contribution in [-0.4, -0.2) is 54.2 Å². The van der Waals surface area contributed by atoms with E-state index in [1.165, 1.54) is 0 Å². The number of amides is 1. The number of alkyl carbamates (subject to hydrolysis) is 1. The highest BCUT2D eigenvalue weighted by molar-refractivity contribution is 7.92. The molecular weight excluding hydrogens is 330 g/mol. The van der Waals surface area contributed by atoms with Crippen LogP contribution >= 0.6 is 0 Å². The fourth-order valence-electron chi connectivity index (χ4n) is 1.58. The maximum absolute atomic E-state index is 11.5. The van der Waals surface area contributed by atoms with Gasteiger partial charge < -0.3 is 20.3 Å². The number of hydrogen-bond donors (Lipinski definition) is 3. The third kappa shape index (κ3) is 7.27. The second-order valence-electron chi connectivity index (χ2n) is 4.55. The normalized spacial score (nSPS) is 12.2. The number of benzene rings is 1. The summed E-state index contributed by atoms with van der Waals surface area (Å²) in [5, 5.41) is 19.3. The Bertz CT molecular complexity index is 670. The van der Waals surface area contributed by atoms with E-state index in [1.54, 1.807) is 30.3 Å². The van der Waals surface area contributed by atoms with Gasteiger partial charge in [0.25, 0.3) is 0 Å². The molecule has 1 aromatic carbocycles. The van der Waals surface area contributed by atoms with Crippen LogP contribution in [0.3, 0.4) is 0 Å². The first-order chi connectivity index (χ1) is 10.7. The number of carboxylic acids is 2. The van der Waals surface area contributed by atoms with E-state index < -0.39 is 45.4 Å². The van der Waals surface area contributed by atoms with Gasteiger partial charge in [0.05, 0.1) is 5.75 Å². The average Bonchev–Trinajstić information content (AvgIpc) is 2.43. The summed E-state index contributed by atoms with van der Waals surface area (Å²) in [5.74, 6) is -5.50. The summed E-state index contributed by atoms with van der Waals surface area (Å²) in [6, 6.07) is 6.75. The Kier molecular flexibility index (Phi) is 6.51. The van der Waals surface area contributed by atoms with Gasteiger partial charge in [0.15, 0.2) is 9.84 Å². The molecule has 0 fully saturated rings. The van der Waals surface area contributed by atoms with Gasteiger partial charge in [0, 0.05) is 0 Å². The lowest BCUT2D eigenvalue weighted by Gasteiger charge is -2.14. The van der Waals surface area contributed by atoms with Crippen LogP contribution in [0.2, 0.25) is 0 Å². The predicted molar refractivity (Wildman–Crippen MR) is 77.5 cm³/mol. The molecule has 3 N–H and O–H groups in total. The van der Waals surface area contributed by atoms with Crippen LogP contribution in [0.4, 0.5) is 4.79 Å². The van der Waals surface area contributed by atoms with Crippen molar-refractivity contribution in [3.05, 3.63) is 35.9 Å². The molecule has 0 aliphatic heterocycles. The van der Waals surface area contributed by atoms with Crippen LogP contribution in [0.5, 0.6) is 0 Å². The monoisotopic (exact) mass is 345 g/mol. The molecule has 0 saturated carbocycles. The van der Waals surface area contributed by atoms with E-state index in [4.69, 9.17) is 14.9 Å². The molecule has 0 heterocycles. The van der Waals surface area contributed by atoms with Gasteiger partial charge in [-0.05, 0) is 5.56 Å². The highest BCUT2D eigenvalue weighted by Gasteiger charge is 2.28. The first-order valence-electron chi connectivity index (χ1n) is 6.32. The molecule has 0 aliphatic rings. The van der Waals surface area contributed by atoms with Crippen LogP contribution in [0.1, 0.15) is 5.56 Å². The van der Waals surface area contributed by atoms with Crippen LogP contribution < -0.4 is 5.32 Å². The van der Waals surface area contributed by atoms with Crippen molar-refractivity contribution >= 4 is 27.9 Å². The highest BCUT2D eigenvalue weighted by Crippen LogP contribution is 2.02. The van der Waals surface area contributed by atoms with E-state index in [9.17, 15) is 22.8 Å². The number of carbonyl (C=O) groups excluding carboxylic acids is 1. The van der Waals surface area contributed by atoms with Crippen LogP contribution in [-0.2, 0) is 30.8 Å². The number of carboxylic acid groups (broad SMARTS) is 2. The van der Waals surface area contributed by atoms with Gasteiger partial charge in [0.2, 0.25) is 0 Å². The summed E-state index contributed by atoms with van der Waals surface area (Å²) in [7, 11) is -4.19. The van der Waals surface area contributed by atoms with Crippen molar-refractivity contribution < 1.29 is 37.8 Å². The zero-order chi connectivity index (χ0) is 17.5. The number of ether oxygens (including phenoxy) is 1. The summed E-state index contributed by atoms with van der Waals surface area (Å²) >= 11 is 0. The SMILES string of the molecule is O=C(O)CS(=O)(=O)CC(NC(=O)OCc1ccccc1)C(=O)O. The molecule has 0 aliphatic carbocycles. The van der Waals surface area contributed by atoms with Gasteiger partial charge in [-0.1, -0.05) is 30.3 Å². The topological polar surface area (TPSA) is 147 Å². The van der Waals surface area contributed by atoms with Crippen molar-refractivity contribution in [2.45, 2.75) is 12.6 Å². The standard InChI is InChI=1S/C13H15NO8S/c15-11(16)8-23(20,21)7-10(12(17)18)14-13(19)22-6-9-4-2-1-3-5-9/h1-5,10H,6-8H2,(H,14,19)(H,15,16)(H,17,18). The number of rotatable bonds is 8. The smallest absolute Gasteiger partial charge is 0.408 e. The minimum atomic E-state index is -4.19. The Morgan fingerprint density at radius 1 is 1.13 bits per heavy atom. The van der Waals surface area contributed by atoms with Gasteiger partial charge in [0.1, 0.15) is 18.4 Å². The summed E-state index contributed by atoms with van der Waals surface area (Å²) in [5.41, 5.74) is 0.660. The number of sulfone groups is 1. The quantitative estimate of drug-likeness (QED) is 0.590. The van der Waals surface area contributed by atoms with E-state index in [1.807, 2.05) is 5.32 Å². The molecule has 126 valence electrons. The molecule has 0 aromatic heterocycles. The molecule has 1 unspecified atom stereocenters. The molecule has 10 heteroatoms. The summed E-state index contributed by atoms with van der Waals surface area (Å²) < 4.78 is 27.7. The first kappa shape index (κ1) is 18.4. The summed E-state index contributed by atoms with van der Waals surface area (Å²) in [4.78, 5) is 32.9. The molecule has 1 rings (SSSR count). The van der Waals surface area contributed by atoms with Gasteiger partial charge in [-0.25, -0.2) is 18.0 Å². The third-order valence-electron chi connectivity index (χ3n) is 2.57. The lowest BCUT2D eigenvalue weighted by atomic mass is 10.2. The molecule has 0 saturated heterocycles. The van der Waals surface area contributed by atoms with Crippen molar-refractivity contribution in [1.82, 2.24) is 5.32 Å². The molecule has 1 atom stereocenters. The van der Waals surface area contributed by atoms with Gasteiger partial charge >= 0.3 is 18.0 Å². The lowest BCUT2D eigenvalue weighted by molar-refractivity contribution is -0.139. The highest BCUT2D eigenvalue weighted by atomic mass is 32.2. The minimum absolute atomic E-state index is 0.124. The molecule has 1 amide bonds. The Balaban J connectivity index is 2.60. The molecule has 0 radical (unpaired) electrons.